The second-order valence-electron chi connectivity index (χ2n) is 4.84. The first-order valence-corrected chi connectivity index (χ1v) is 7.65. The fourth-order valence-corrected chi connectivity index (χ4v) is 2.67. The Morgan fingerprint density at radius 3 is 2.70 bits per heavy atom. The van der Waals surface area contributed by atoms with Crippen LogP contribution in [0, 0.1) is 5.82 Å². The third kappa shape index (κ3) is 3.26. The maximum atomic E-state index is 13.8. The predicted molar refractivity (Wildman–Crippen MR) is 72.1 cm³/mol. The fraction of sp³-hybridized carbons (Fsp3) is 0.417. The molecule has 1 aromatic carbocycles. The van der Waals surface area contributed by atoms with Gasteiger partial charge in [-0.3, -0.25) is 4.79 Å². The van der Waals surface area contributed by atoms with Crippen molar-refractivity contribution in [2.75, 3.05) is 18.9 Å². The SMILES string of the molecule is CN1CC(Nc2ccc(S(N)(=O)=O)cc2F)CCC1=O. The summed E-state index contributed by atoms with van der Waals surface area (Å²) in [5.41, 5.74) is 0.199. The van der Waals surface area contributed by atoms with E-state index in [9.17, 15) is 17.6 Å². The number of nitrogens with two attached hydrogens (primary N) is 1. The number of benzene rings is 1. The smallest absolute Gasteiger partial charge is 0.238 e. The molecule has 0 spiro atoms. The Kier molecular flexibility index (Phi) is 3.96. The van der Waals surface area contributed by atoms with Crippen LogP contribution in [-0.2, 0) is 14.8 Å². The zero-order valence-corrected chi connectivity index (χ0v) is 11.8. The molecule has 0 aliphatic carbocycles. The number of hydrogen-bond acceptors (Lipinski definition) is 4. The van der Waals surface area contributed by atoms with Crippen LogP contribution in [0.2, 0.25) is 0 Å². The summed E-state index contributed by atoms with van der Waals surface area (Å²) in [6.07, 6.45) is 1.02. The normalized spacial score (nSPS) is 20.1. The van der Waals surface area contributed by atoms with E-state index in [1.54, 1.807) is 11.9 Å². The number of piperidine rings is 1. The summed E-state index contributed by atoms with van der Waals surface area (Å²) in [5, 5.41) is 7.91. The molecule has 1 aliphatic rings. The number of sulfonamides is 1. The Labute approximate surface area is 116 Å². The van der Waals surface area contributed by atoms with Gasteiger partial charge in [0.1, 0.15) is 5.82 Å². The third-order valence-electron chi connectivity index (χ3n) is 3.26. The highest BCUT2D eigenvalue weighted by Crippen LogP contribution is 2.21. The lowest BCUT2D eigenvalue weighted by Crippen LogP contribution is -2.43. The van der Waals surface area contributed by atoms with Gasteiger partial charge in [0.15, 0.2) is 0 Å². The summed E-state index contributed by atoms with van der Waals surface area (Å²) in [6.45, 7) is 0.481. The van der Waals surface area contributed by atoms with Crippen LogP contribution in [0.15, 0.2) is 23.1 Å². The summed E-state index contributed by atoms with van der Waals surface area (Å²) >= 11 is 0. The van der Waals surface area contributed by atoms with Gasteiger partial charge in [-0.2, -0.15) is 0 Å². The summed E-state index contributed by atoms with van der Waals surface area (Å²) in [6, 6.07) is 3.41. The topological polar surface area (TPSA) is 92.5 Å². The number of carbonyl (C=O) groups is 1. The van der Waals surface area contributed by atoms with Crippen molar-refractivity contribution in [3.63, 3.8) is 0 Å². The lowest BCUT2D eigenvalue weighted by molar-refractivity contribution is -0.132. The van der Waals surface area contributed by atoms with Crippen molar-refractivity contribution in [1.82, 2.24) is 4.90 Å². The third-order valence-corrected chi connectivity index (χ3v) is 4.17. The number of hydrogen-bond donors (Lipinski definition) is 2. The highest BCUT2D eigenvalue weighted by Gasteiger charge is 2.23. The van der Waals surface area contributed by atoms with E-state index in [2.05, 4.69) is 5.32 Å². The average molecular weight is 301 g/mol. The van der Waals surface area contributed by atoms with Crippen LogP contribution < -0.4 is 10.5 Å². The van der Waals surface area contributed by atoms with E-state index in [0.29, 0.717) is 19.4 Å². The fourth-order valence-electron chi connectivity index (χ4n) is 2.14. The Morgan fingerprint density at radius 1 is 1.45 bits per heavy atom. The molecule has 1 fully saturated rings. The second kappa shape index (κ2) is 5.37. The van der Waals surface area contributed by atoms with Crippen molar-refractivity contribution in [1.29, 1.82) is 0 Å². The Morgan fingerprint density at radius 2 is 2.15 bits per heavy atom. The highest BCUT2D eigenvalue weighted by atomic mass is 32.2. The van der Waals surface area contributed by atoms with E-state index < -0.39 is 15.8 Å². The van der Waals surface area contributed by atoms with Crippen LogP contribution in [0.3, 0.4) is 0 Å². The van der Waals surface area contributed by atoms with Gasteiger partial charge < -0.3 is 10.2 Å². The number of halogens is 1. The highest BCUT2D eigenvalue weighted by molar-refractivity contribution is 7.89. The monoisotopic (exact) mass is 301 g/mol. The molecule has 1 saturated heterocycles. The van der Waals surface area contributed by atoms with Gasteiger partial charge in [0, 0.05) is 26.1 Å². The van der Waals surface area contributed by atoms with Crippen LogP contribution in [0.1, 0.15) is 12.8 Å². The molecular weight excluding hydrogens is 285 g/mol. The van der Waals surface area contributed by atoms with Crippen LogP contribution in [0.25, 0.3) is 0 Å². The average Bonchev–Trinajstić information content (AvgIpc) is 2.35. The molecule has 0 bridgehead atoms. The molecule has 3 N–H and O–H groups in total. The van der Waals surface area contributed by atoms with E-state index in [0.717, 1.165) is 6.07 Å². The first-order chi connectivity index (χ1) is 9.27. The Bertz CT molecular complexity index is 633. The molecule has 8 heteroatoms. The number of primary sulfonamides is 1. The van der Waals surface area contributed by atoms with Crippen molar-refractivity contribution in [2.45, 2.75) is 23.8 Å². The van der Waals surface area contributed by atoms with Gasteiger partial charge in [0.2, 0.25) is 15.9 Å². The van der Waals surface area contributed by atoms with Gasteiger partial charge in [-0.25, -0.2) is 17.9 Å². The van der Waals surface area contributed by atoms with Crippen LogP contribution >= 0.6 is 0 Å². The number of rotatable bonds is 3. The first kappa shape index (κ1) is 14.7. The molecule has 20 heavy (non-hydrogen) atoms. The number of anilines is 1. The van der Waals surface area contributed by atoms with Gasteiger partial charge in [0.25, 0.3) is 0 Å². The van der Waals surface area contributed by atoms with Crippen molar-refractivity contribution >= 4 is 21.6 Å². The van der Waals surface area contributed by atoms with Crippen molar-refractivity contribution in [2.24, 2.45) is 5.14 Å². The maximum Gasteiger partial charge on any atom is 0.238 e. The lowest BCUT2D eigenvalue weighted by atomic mass is 10.1. The molecule has 0 saturated carbocycles. The number of carbonyl (C=O) groups excluding carboxylic acids is 1. The molecule has 110 valence electrons. The minimum Gasteiger partial charge on any atom is -0.378 e. The summed E-state index contributed by atoms with van der Waals surface area (Å²) in [4.78, 5) is 12.7. The van der Waals surface area contributed by atoms with E-state index in [4.69, 9.17) is 5.14 Å². The Balaban J connectivity index is 2.13. The predicted octanol–water partition coefficient (Wildman–Crippen LogP) is 0.506. The standard InChI is InChI=1S/C12H16FN3O3S/c1-16-7-8(2-5-12(16)17)15-11-4-3-9(6-10(11)13)20(14,18)19/h3-4,6,8,15H,2,5,7H2,1H3,(H2,14,18,19). The van der Waals surface area contributed by atoms with E-state index >= 15 is 0 Å². The van der Waals surface area contributed by atoms with Crippen LogP contribution in [0.5, 0.6) is 0 Å². The summed E-state index contributed by atoms with van der Waals surface area (Å²) in [5.74, 6) is -0.621. The van der Waals surface area contributed by atoms with Crippen molar-refractivity contribution < 1.29 is 17.6 Å². The molecule has 0 radical (unpaired) electrons. The number of amides is 1. The number of nitrogens with zero attached hydrogens (tertiary/aromatic N) is 1. The van der Waals surface area contributed by atoms with E-state index in [1.807, 2.05) is 0 Å². The van der Waals surface area contributed by atoms with E-state index in [1.165, 1.54) is 12.1 Å². The molecule has 6 nitrogen and oxygen atoms in total. The second-order valence-corrected chi connectivity index (χ2v) is 6.40. The first-order valence-electron chi connectivity index (χ1n) is 6.10. The molecule has 1 unspecified atom stereocenters. The molecule has 1 atom stereocenters. The largest absolute Gasteiger partial charge is 0.378 e. The van der Waals surface area contributed by atoms with Crippen LogP contribution in [0.4, 0.5) is 10.1 Å². The van der Waals surface area contributed by atoms with E-state index in [-0.39, 0.29) is 22.5 Å². The van der Waals surface area contributed by atoms with Crippen molar-refractivity contribution in [3.8, 4) is 0 Å². The zero-order chi connectivity index (χ0) is 14.9. The van der Waals surface area contributed by atoms with Crippen molar-refractivity contribution in [3.05, 3.63) is 24.0 Å². The molecule has 1 aromatic rings. The minimum absolute atomic E-state index is 0.0625. The zero-order valence-electron chi connectivity index (χ0n) is 11.0. The number of likely N-dealkylation sites (N-methyl/N-ethyl adjacent to an activating group) is 1. The van der Waals surface area contributed by atoms with Gasteiger partial charge in [-0.05, 0) is 24.6 Å². The molecule has 0 aromatic heterocycles. The van der Waals surface area contributed by atoms with Gasteiger partial charge in [-0.15, -0.1) is 0 Å². The molecule has 1 heterocycles. The molecule has 1 amide bonds. The minimum atomic E-state index is -3.91. The Hall–Kier alpha value is -1.67. The van der Waals surface area contributed by atoms with Gasteiger partial charge in [-0.1, -0.05) is 0 Å². The maximum absolute atomic E-state index is 13.8. The van der Waals surface area contributed by atoms with Gasteiger partial charge in [0.05, 0.1) is 10.6 Å². The van der Waals surface area contributed by atoms with Crippen LogP contribution in [-0.4, -0.2) is 38.9 Å². The summed E-state index contributed by atoms with van der Waals surface area (Å²) < 4.78 is 36.1. The number of nitrogens with one attached hydrogen (secondary N) is 1. The lowest BCUT2D eigenvalue weighted by Gasteiger charge is -2.30. The summed E-state index contributed by atoms with van der Waals surface area (Å²) in [7, 11) is -2.22. The number of likely N-dealkylation sites (tertiary alicyclic amines) is 1. The molecule has 2 rings (SSSR count). The molecular formula is C12H16FN3O3S. The quantitative estimate of drug-likeness (QED) is 0.850. The van der Waals surface area contributed by atoms with Gasteiger partial charge >= 0.3 is 0 Å². The molecule has 1 aliphatic heterocycles.